The van der Waals surface area contributed by atoms with Crippen LogP contribution in [0.5, 0.6) is 0 Å². The van der Waals surface area contributed by atoms with E-state index >= 15 is 0 Å². The van der Waals surface area contributed by atoms with E-state index in [9.17, 15) is 0 Å². The fourth-order valence-corrected chi connectivity index (χ4v) is 12.4. The van der Waals surface area contributed by atoms with Crippen LogP contribution in [0.25, 0.3) is 0 Å². The Bertz CT molecular complexity index is 1790. The van der Waals surface area contributed by atoms with Crippen LogP contribution in [0.4, 0.5) is 0 Å². The highest BCUT2D eigenvalue weighted by Crippen LogP contribution is 2.47. The summed E-state index contributed by atoms with van der Waals surface area (Å²) in [5.74, 6) is 3.63. The van der Waals surface area contributed by atoms with E-state index in [0.29, 0.717) is 51.6 Å². The van der Waals surface area contributed by atoms with Gasteiger partial charge >= 0.3 is 0 Å². The van der Waals surface area contributed by atoms with Crippen molar-refractivity contribution in [2.75, 3.05) is 139 Å². The largest absolute Gasteiger partial charge is 0.359 e. The van der Waals surface area contributed by atoms with Crippen molar-refractivity contribution in [3.05, 3.63) is 0 Å². The van der Waals surface area contributed by atoms with Gasteiger partial charge in [0.25, 0.3) is 0 Å². The minimum atomic E-state index is -0.106. The minimum Gasteiger partial charge on any atom is -0.359 e. The zero-order valence-corrected chi connectivity index (χ0v) is 80.6. The molecule has 0 heterocycles. The molecule has 6 aliphatic carbocycles. The first-order valence-electron chi connectivity index (χ1n) is 44.0. The predicted octanol–water partition coefficient (Wildman–Crippen LogP) is 21.8. The average molecular weight is 1660 g/mol. The van der Waals surface area contributed by atoms with Gasteiger partial charge in [0.1, 0.15) is 27.2 Å². The molecule has 114 heavy (non-hydrogen) atoms. The lowest BCUT2D eigenvalue weighted by Crippen LogP contribution is -2.26. The van der Waals surface area contributed by atoms with E-state index in [1.165, 1.54) is 122 Å². The summed E-state index contributed by atoms with van der Waals surface area (Å²) in [7, 11) is 21.6. The van der Waals surface area contributed by atoms with Crippen molar-refractivity contribution in [3.63, 3.8) is 0 Å². The van der Waals surface area contributed by atoms with Gasteiger partial charge in [-0.25, -0.2) is 0 Å². The summed E-state index contributed by atoms with van der Waals surface area (Å²) in [5.41, 5.74) is -0.175. The molecular formula is C90H192O24. The molecule has 13 unspecified atom stereocenters. The number of fused-ring (bicyclic) bond motifs is 4. The number of methoxy groups -OCH3 is 13. The molecular weight excluding hydrogens is 1460 g/mol. The first kappa shape index (κ1) is 124. The summed E-state index contributed by atoms with van der Waals surface area (Å²) in [4.78, 5) is 0. The molecule has 6 saturated carbocycles. The van der Waals surface area contributed by atoms with Crippen LogP contribution < -0.4 is 0 Å². The Hall–Kier alpha value is -0.960. The van der Waals surface area contributed by atoms with Crippen molar-refractivity contribution in [2.24, 2.45) is 23.7 Å². The summed E-state index contributed by atoms with van der Waals surface area (Å²) in [6.07, 6.45) is 38.1. The van der Waals surface area contributed by atoms with Gasteiger partial charge in [-0.15, -0.1) is 0 Å². The second kappa shape index (κ2) is 88.4. The lowest BCUT2D eigenvalue weighted by atomic mass is 9.98. The van der Waals surface area contributed by atoms with E-state index in [-0.39, 0.29) is 73.7 Å². The van der Waals surface area contributed by atoms with Gasteiger partial charge in [0.2, 0.25) is 0 Å². The molecule has 4 bridgehead atoms. The Morgan fingerprint density at radius 2 is 0.719 bits per heavy atom. The summed E-state index contributed by atoms with van der Waals surface area (Å²) in [5, 5.41) is 0. The lowest BCUT2D eigenvalue weighted by molar-refractivity contribution is -0.171. The average Bonchev–Trinajstić information content (AvgIpc) is 1.70. The fraction of sp³-hybridized carbons (Fsp3) is 1.00. The molecule has 0 aromatic heterocycles. The first-order valence-corrected chi connectivity index (χ1v) is 44.0. The highest BCUT2D eigenvalue weighted by Gasteiger charge is 2.41. The van der Waals surface area contributed by atoms with E-state index in [0.717, 1.165) is 108 Å². The Morgan fingerprint density at radius 3 is 1.02 bits per heavy atom. The van der Waals surface area contributed by atoms with E-state index in [4.69, 9.17) is 109 Å². The Kier molecular flexibility index (Phi) is 96.0. The van der Waals surface area contributed by atoms with Gasteiger partial charge in [0, 0.05) is 112 Å². The van der Waals surface area contributed by atoms with Crippen LogP contribution in [0.2, 0.25) is 0 Å². The Morgan fingerprint density at radius 1 is 0.316 bits per heavy atom. The molecule has 0 aliphatic heterocycles. The number of hydrogen-bond acceptors (Lipinski definition) is 24. The summed E-state index contributed by atoms with van der Waals surface area (Å²) in [6.45, 7) is 46.4. The van der Waals surface area contributed by atoms with Gasteiger partial charge in [0.05, 0.1) is 47.8 Å². The predicted molar refractivity (Wildman–Crippen MR) is 463 cm³/mol. The number of ether oxygens (including phenoxy) is 24. The van der Waals surface area contributed by atoms with Gasteiger partial charge in [-0.2, -0.15) is 0 Å². The molecule has 6 fully saturated rings. The summed E-state index contributed by atoms with van der Waals surface area (Å²) in [6, 6.07) is 0. The van der Waals surface area contributed by atoms with Crippen molar-refractivity contribution in [1.29, 1.82) is 0 Å². The van der Waals surface area contributed by atoms with E-state index in [1.807, 2.05) is 104 Å². The van der Waals surface area contributed by atoms with E-state index in [1.54, 1.807) is 92.4 Å². The van der Waals surface area contributed by atoms with Crippen LogP contribution in [0, 0.1) is 23.7 Å². The third-order valence-electron chi connectivity index (χ3n) is 18.5. The third-order valence-corrected chi connectivity index (χ3v) is 18.5. The standard InChI is InChI=1S/C10H18O2.C9H16O2.C9H18O2.C9H20O2.C8H16O2.C8H18O2.2C7H16O2.3C6H14O2.C5H12O2/c1-7(11-2)12-10-6-8-3-4-9(10)5-8;1-10-6-11-9-5-7-2-3-8(9)4-7;1-8(10-2)11-9-6-4-3-5-7-9;1-4-6-8-11-9(10-3)7-5-2;1-9-7-10-8-5-3-2-4-6-8;1-4-6-8(9-3)10-7-5-2;1-6(8-5)9-7(2,3)4;1-4-6-7(8-3)9-5-2;1-6(2,3)8-5-7-4;1-5(2)8-6(3)7-4;1-4-5-6(7-2)8-3;1-5(2)7-4-6-3/h7-10H,3-6H2,1-2H3;7-9H,2-6H2,1H3;8-9H,3-7H2,1-2H3;9H,4-8H2,1-3H3;8H,2-7H2,1H3;8H,4-7H2,1-3H3;6H,1-5H3;7H,4-6H2,1-3H3;5H2,1-4H3;5-6H,1-4H3;6H,4-5H2,1-3H3;5H,4H2,1-3H3. The van der Waals surface area contributed by atoms with Gasteiger partial charge in [-0.05, 0) is 243 Å². The van der Waals surface area contributed by atoms with Crippen molar-refractivity contribution in [3.8, 4) is 0 Å². The second-order valence-electron chi connectivity index (χ2n) is 31.9. The molecule has 6 aliphatic rings. The smallest absolute Gasteiger partial charge is 0.157 e. The Labute approximate surface area is 703 Å². The molecule has 13 atom stereocenters. The van der Waals surface area contributed by atoms with Crippen molar-refractivity contribution in [1.82, 2.24) is 0 Å². The first-order chi connectivity index (χ1) is 54.3. The van der Waals surface area contributed by atoms with Gasteiger partial charge in [-0.1, -0.05) is 112 Å². The van der Waals surface area contributed by atoms with Gasteiger partial charge in [0.15, 0.2) is 50.3 Å². The highest BCUT2D eigenvalue weighted by atomic mass is 16.7. The van der Waals surface area contributed by atoms with Crippen molar-refractivity contribution < 1.29 is 114 Å². The topological polar surface area (TPSA) is 222 Å². The quantitative estimate of drug-likeness (QED) is 0.0408. The number of rotatable bonds is 44. The molecule has 0 aromatic carbocycles. The molecule has 6 rings (SSSR count). The highest BCUT2D eigenvalue weighted by molar-refractivity contribution is 4.91. The van der Waals surface area contributed by atoms with Crippen LogP contribution in [0.1, 0.15) is 332 Å². The molecule has 24 heteroatoms. The Balaban J connectivity index is -0.000000280. The molecule has 0 radical (unpaired) electrons. The van der Waals surface area contributed by atoms with Crippen molar-refractivity contribution >= 4 is 0 Å². The van der Waals surface area contributed by atoms with Crippen LogP contribution in [0.3, 0.4) is 0 Å². The SMILES string of the molecule is CCCC(OC)OC.CCCC(OC)OCC.CCCCOC(CCC)OC.CCCOC(CCC)OC.COC(C)OC(C)(C)C.COC(C)OC(C)C.COC(C)OC1CC2CCC1C2.COC(C)OC1CCCCC1.COCOC(C)(C)C.COCOC(C)C.COCOC1CC2CCC1C2.COCOC1CCCCC1. The molecule has 0 amide bonds. The molecule has 0 spiro atoms. The maximum absolute atomic E-state index is 5.77. The summed E-state index contributed by atoms with van der Waals surface area (Å²) < 4.78 is 123. The molecule has 0 saturated heterocycles. The van der Waals surface area contributed by atoms with Gasteiger partial charge in [-0.3, -0.25) is 0 Å². The van der Waals surface area contributed by atoms with Gasteiger partial charge < -0.3 is 114 Å². The van der Waals surface area contributed by atoms with Crippen LogP contribution in [-0.2, 0) is 114 Å². The zero-order valence-electron chi connectivity index (χ0n) is 80.6. The monoisotopic (exact) mass is 1660 g/mol. The molecule has 0 N–H and O–H groups in total. The summed E-state index contributed by atoms with van der Waals surface area (Å²) >= 11 is 0. The number of hydrogen-bond donors (Lipinski definition) is 0. The number of unbranched alkanes of at least 4 members (excludes halogenated alkanes) is 1. The van der Waals surface area contributed by atoms with E-state index < -0.39 is 0 Å². The lowest BCUT2D eigenvalue weighted by Gasteiger charge is -2.24. The molecule has 696 valence electrons. The fourth-order valence-electron chi connectivity index (χ4n) is 12.4. The minimum absolute atomic E-state index is 0.000000000000000444. The second-order valence-corrected chi connectivity index (χ2v) is 31.9. The van der Waals surface area contributed by atoms with Crippen molar-refractivity contribution in [2.45, 2.75) is 430 Å². The zero-order chi connectivity index (χ0) is 87.8. The normalized spacial score (nSPS) is 20.6. The van der Waals surface area contributed by atoms with Crippen LogP contribution >= 0.6 is 0 Å². The van der Waals surface area contributed by atoms with Crippen LogP contribution in [-0.4, -0.2) is 238 Å². The van der Waals surface area contributed by atoms with Crippen LogP contribution in [0.15, 0.2) is 0 Å². The maximum Gasteiger partial charge on any atom is 0.157 e. The molecule has 0 aromatic rings. The molecule has 24 nitrogen and oxygen atoms in total. The maximum atomic E-state index is 5.77. The third kappa shape index (κ3) is 86.0. The van der Waals surface area contributed by atoms with E-state index in [2.05, 4.69) is 46.3 Å².